The number of ether oxygens (including phenoxy) is 1. The van der Waals surface area contributed by atoms with Crippen molar-refractivity contribution in [1.82, 2.24) is 4.98 Å². The van der Waals surface area contributed by atoms with Crippen LogP contribution in [-0.2, 0) is 9.59 Å². The molecule has 0 aliphatic carbocycles. The number of aromatic hydroxyl groups is 1. The molecular formula is C14H9NO6S2. The average Bonchev–Trinajstić information content (AvgIpc) is 2.86. The van der Waals surface area contributed by atoms with E-state index in [2.05, 4.69) is 4.98 Å². The number of carboxylic acid groups (broad SMARTS) is 1. The van der Waals surface area contributed by atoms with Crippen LogP contribution in [0.5, 0.6) is 11.5 Å². The number of fused-ring (bicyclic) bond motifs is 5. The van der Waals surface area contributed by atoms with Gasteiger partial charge in [0, 0.05) is 16.4 Å². The lowest BCUT2D eigenvalue weighted by Gasteiger charge is -2.37. The van der Waals surface area contributed by atoms with E-state index in [1.807, 2.05) is 0 Å². The van der Waals surface area contributed by atoms with Crippen LogP contribution in [0.1, 0.15) is 16.4 Å². The number of aliphatic carboxylic acids is 1. The third-order valence-corrected chi connectivity index (χ3v) is 6.31. The van der Waals surface area contributed by atoms with Crippen LogP contribution in [0.2, 0.25) is 0 Å². The van der Waals surface area contributed by atoms with Gasteiger partial charge >= 0.3 is 16.8 Å². The number of thioether (sulfide) groups is 1. The van der Waals surface area contributed by atoms with Crippen LogP contribution in [0.25, 0.3) is 0 Å². The third kappa shape index (κ3) is 2.07. The number of esters is 1. The molecule has 0 saturated heterocycles. The van der Waals surface area contributed by atoms with Crippen molar-refractivity contribution >= 4 is 35.0 Å². The first-order chi connectivity index (χ1) is 11.0. The van der Waals surface area contributed by atoms with Crippen LogP contribution < -0.4 is 9.61 Å². The number of hydrogen-bond donors (Lipinski definition) is 3. The predicted octanol–water partition coefficient (Wildman–Crippen LogP) is 1.37. The Bertz CT molecular complexity index is 901. The van der Waals surface area contributed by atoms with Crippen molar-refractivity contribution in [3.63, 3.8) is 0 Å². The summed E-state index contributed by atoms with van der Waals surface area (Å²) >= 11 is 1.89. The summed E-state index contributed by atoms with van der Waals surface area (Å²) in [6.45, 7) is 0. The summed E-state index contributed by atoms with van der Waals surface area (Å²) in [7, 11) is 0. The molecule has 0 amide bonds. The smallest absolute Gasteiger partial charge is 0.317 e. The van der Waals surface area contributed by atoms with Gasteiger partial charge in [-0.25, -0.2) is 0 Å². The maximum atomic E-state index is 12.4. The SMILES string of the molecule is O=C(O)C1Sc2[nH]c(=O)sc2C2c3cc(O)ccc3OC(=O)C12. The summed E-state index contributed by atoms with van der Waals surface area (Å²) in [5.74, 6) is -3.11. The molecule has 1 aromatic carbocycles. The van der Waals surface area contributed by atoms with Gasteiger partial charge in [-0.1, -0.05) is 23.1 Å². The van der Waals surface area contributed by atoms with Gasteiger partial charge in [0.25, 0.3) is 0 Å². The van der Waals surface area contributed by atoms with Gasteiger partial charge in [-0.15, -0.1) is 0 Å². The molecule has 1 aromatic heterocycles. The van der Waals surface area contributed by atoms with E-state index in [-0.39, 0.29) is 16.4 Å². The normalized spacial score (nSPS) is 25.0. The second kappa shape index (κ2) is 4.87. The van der Waals surface area contributed by atoms with Crippen molar-refractivity contribution < 1.29 is 24.5 Å². The largest absolute Gasteiger partial charge is 0.508 e. The molecule has 23 heavy (non-hydrogen) atoms. The van der Waals surface area contributed by atoms with Gasteiger partial charge in [0.05, 0.1) is 10.9 Å². The number of carbonyl (C=O) groups excluding carboxylic acids is 1. The molecule has 3 unspecified atom stereocenters. The molecule has 0 spiro atoms. The Morgan fingerprint density at radius 1 is 1.30 bits per heavy atom. The molecule has 0 fully saturated rings. The molecule has 9 heteroatoms. The number of H-pyrrole nitrogens is 1. The molecule has 0 bridgehead atoms. The highest BCUT2D eigenvalue weighted by Crippen LogP contribution is 2.53. The highest BCUT2D eigenvalue weighted by molar-refractivity contribution is 8.00. The summed E-state index contributed by atoms with van der Waals surface area (Å²) in [4.78, 5) is 38.6. The molecule has 4 rings (SSSR count). The van der Waals surface area contributed by atoms with E-state index >= 15 is 0 Å². The van der Waals surface area contributed by atoms with Crippen molar-refractivity contribution in [3.05, 3.63) is 38.3 Å². The summed E-state index contributed by atoms with van der Waals surface area (Å²) < 4.78 is 5.25. The van der Waals surface area contributed by atoms with E-state index in [9.17, 15) is 24.6 Å². The van der Waals surface area contributed by atoms with Crippen LogP contribution in [0.4, 0.5) is 0 Å². The van der Waals surface area contributed by atoms with Gasteiger partial charge in [0.2, 0.25) is 0 Å². The number of thiazole rings is 1. The summed E-state index contributed by atoms with van der Waals surface area (Å²) in [6, 6.07) is 4.30. The van der Waals surface area contributed by atoms with Crippen LogP contribution in [0, 0.1) is 5.92 Å². The first-order valence-electron chi connectivity index (χ1n) is 6.63. The van der Waals surface area contributed by atoms with Gasteiger partial charge in [-0.3, -0.25) is 14.4 Å². The number of aromatic nitrogens is 1. The van der Waals surface area contributed by atoms with Gasteiger partial charge in [0.15, 0.2) is 0 Å². The number of hydrogen-bond acceptors (Lipinski definition) is 7. The highest BCUT2D eigenvalue weighted by Gasteiger charge is 2.51. The minimum atomic E-state index is -1.15. The molecule has 3 N–H and O–H groups in total. The number of phenols is 1. The second-order valence-corrected chi connectivity index (χ2v) is 7.40. The monoisotopic (exact) mass is 351 g/mol. The van der Waals surface area contributed by atoms with E-state index < -0.39 is 29.0 Å². The number of benzene rings is 1. The van der Waals surface area contributed by atoms with Gasteiger partial charge in [-0.2, -0.15) is 0 Å². The quantitative estimate of drug-likeness (QED) is 0.525. The Balaban J connectivity index is 2.00. The molecule has 7 nitrogen and oxygen atoms in total. The Morgan fingerprint density at radius 3 is 2.83 bits per heavy atom. The summed E-state index contributed by atoms with van der Waals surface area (Å²) in [5.41, 5.74) is 0.512. The zero-order valence-electron chi connectivity index (χ0n) is 11.3. The topological polar surface area (TPSA) is 117 Å². The van der Waals surface area contributed by atoms with Crippen molar-refractivity contribution in [2.24, 2.45) is 5.92 Å². The minimum Gasteiger partial charge on any atom is -0.508 e. The van der Waals surface area contributed by atoms with Crippen LogP contribution in [0.15, 0.2) is 28.0 Å². The lowest BCUT2D eigenvalue weighted by molar-refractivity contribution is -0.147. The number of aromatic amines is 1. The average molecular weight is 351 g/mol. The van der Waals surface area contributed by atoms with Crippen molar-refractivity contribution in [2.45, 2.75) is 16.2 Å². The summed E-state index contributed by atoms with van der Waals surface area (Å²) in [6.07, 6.45) is 0. The fourth-order valence-electron chi connectivity index (χ4n) is 3.00. The van der Waals surface area contributed by atoms with E-state index in [0.717, 1.165) is 23.1 Å². The minimum absolute atomic E-state index is 0.0185. The van der Waals surface area contributed by atoms with E-state index in [0.29, 0.717) is 15.5 Å². The maximum Gasteiger partial charge on any atom is 0.317 e. The third-order valence-electron chi connectivity index (χ3n) is 3.91. The van der Waals surface area contributed by atoms with Crippen LogP contribution >= 0.6 is 23.1 Å². The van der Waals surface area contributed by atoms with Crippen LogP contribution in [-0.4, -0.2) is 32.4 Å². The number of carbonyl (C=O) groups is 2. The van der Waals surface area contributed by atoms with Crippen LogP contribution in [0.3, 0.4) is 0 Å². The van der Waals surface area contributed by atoms with E-state index in [1.165, 1.54) is 18.2 Å². The Hall–Kier alpha value is -2.26. The Labute approximate surface area is 136 Å². The predicted molar refractivity (Wildman–Crippen MR) is 81.3 cm³/mol. The number of phenolic OH excluding ortho intramolecular Hbond substituents is 1. The standard InChI is InChI=1S/C14H9NO6S2/c16-4-1-2-6-5(3-4)7-8(13(19)21-6)10(12(17)18)22-11-9(7)23-14(20)15-11/h1-3,7-8,10,16H,(H,15,20)(H,17,18). The summed E-state index contributed by atoms with van der Waals surface area (Å²) in [5, 5.41) is 18.6. The Kier molecular flexibility index (Phi) is 3.03. The van der Waals surface area contributed by atoms with Crippen molar-refractivity contribution in [3.8, 4) is 11.5 Å². The lowest BCUT2D eigenvalue weighted by Crippen LogP contribution is -2.44. The van der Waals surface area contributed by atoms with Crippen molar-refractivity contribution in [1.29, 1.82) is 0 Å². The fourth-order valence-corrected chi connectivity index (χ4v) is 5.40. The first-order valence-corrected chi connectivity index (χ1v) is 8.32. The van der Waals surface area contributed by atoms with E-state index in [1.54, 1.807) is 0 Å². The number of nitrogens with one attached hydrogen (secondary N) is 1. The zero-order chi connectivity index (χ0) is 16.3. The molecule has 2 aromatic rings. The highest BCUT2D eigenvalue weighted by atomic mass is 32.2. The molecular weight excluding hydrogens is 342 g/mol. The molecule has 118 valence electrons. The van der Waals surface area contributed by atoms with Crippen molar-refractivity contribution in [2.75, 3.05) is 0 Å². The molecule has 0 saturated carbocycles. The molecule has 2 aliphatic heterocycles. The maximum absolute atomic E-state index is 12.4. The zero-order valence-corrected chi connectivity index (χ0v) is 12.9. The molecule has 2 aliphatic rings. The molecule has 3 atom stereocenters. The Morgan fingerprint density at radius 2 is 2.09 bits per heavy atom. The number of rotatable bonds is 1. The van der Waals surface area contributed by atoms with Gasteiger partial charge in [-0.05, 0) is 18.2 Å². The number of carboxylic acids is 1. The first kappa shape index (κ1) is 14.3. The lowest BCUT2D eigenvalue weighted by atomic mass is 9.80. The van der Waals surface area contributed by atoms with Gasteiger partial charge < -0.3 is 19.9 Å². The molecule has 3 heterocycles. The van der Waals surface area contributed by atoms with Gasteiger partial charge in [0.1, 0.15) is 16.7 Å². The molecule has 0 radical (unpaired) electrons. The second-order valence-electron chi connectivity index (χ2n) is 5.23. The van der Waals surface area contributed by atoms with E-state index in [4.69, 9.17) is 4.74 Å². The fraction of sp³-hybridized carbons (Fsp3) is 0.214.